The van der Waals surface area contributed by atoms with Crippen LogP contribution in [0.15, 0.2) is 36.4 Å². The molecular formula is C14H11ClN2S. The van der Waals surface area contributed by atoms with Crippen LogP contribution < -0.4 is 5.73 Å². The highest BCUT2D eigenvalue weighted by molar-refractivity contribution is 7.21. The maximum atomic E-state index is 6.05. The maximum Gasteiger partial charge on any atom is 0.126 e. The maximum absolute atomic E-state index is 6.05. The largest absolute Gasteiger partial charge is 0.398 e. The molecule has 0 unspecified atom stereocenters. The summed E-state index contributed by atoms with van der Waals surface area (Å²) in [5.41, 5.74) is 9.89. The van der Waals surface area contributed by atoms with Gasteiger partial charge in [0.05, 0.1) is 10.2 Å². The summed E-state index contributed by atoms with van der Waals surface area (Å²) >= 11 is 7.61. The topological polar surface area (TPSA) is 38.9 Å². The van der Waals surface area contributed by atoms with Gasteiger partial charge in [-0.3, -0.25) is 0 Å². The molecule has 0 aliphatic heterocycles. The van der Waals surface area contributed by atoms with Crippen LogP contribution in [0, 0.1) is 6.92 Å². The van der Waals surface area contributed by atoms with Crippen molar-refractivity contribution in [2.45, 2.75) is 6.92 Å². The molecule has 2 nitrogen and oxygen atoms in total. The summed E-state index contributed by atoms with van der Waals surface area (Å²) < 4.78 is 1.12. The van der Waals surface area contributed by atoms with Crippen molar-refractivity contribution in [1.82, 2.24) is 4.98 Å². The third kappa shape index (κ3) is 1.85. The van der Waals surface area contributed by atoms with E-state index in [1.54, 1.807) is 11.3 Å². The van der Waals surface area contributed by atoms with Crippen molar-refractivity contribution in [2.75, 3.05) is 5.73 Å². The molecule has 18 heavy (non-hydrogen) atoms. The lowest BCUT2D eigenvalue weighted by molar-refractivity contribution is 1.41. The Kier molecular flexibility index (Phi) is 2.73. The standard InChI is InChI=1S/C14H11ClN2S/c1-8-3-2-4-10(16)13(8)14-17-11-7-9(15)5-6-12(11)18-14/h2-7H,16H2,1H3. The average Bonchev–Trinajstić information content (AvgIpc) is 2.71. The van der Waals surface area contributed by atoms with Crippen molar-refractivity contribution in [3.8, 4) is 10.6 Å². The quantitative estimate of drug-likeness (QED) is 0.663. The summed E-state index contributed by atoms with van der Waals surface area (Å²) in [6, 6.07) is 11.7. The monoisotopic (exact) mass is 274 g/mol. The molecule has 1 heterocycles. The van der Waals surface area contributed by atoms with E-state index < -0.39 is 0 Å². The zero-order valence-corrected chi connectivity index (χ0v) is 11.3. The van der Waals surface area contributed by atoms with Crippen LogP contribution in [0.4, 0.5) is 5.69 Å². The van der Waals surface area contributed by atoms with Crippen LogP contribution in [0.25, 0.3) is 20.8 Å². The number of thiazole rings is 1. The van der Waals surface area contributed by atoms with Crippen molar-refractivity contribution < 1.29 is 0 Å². The van der Waals surface area contributed by atoms with Crippen LogP contribution in [0.5, 0.6) is 0 Å². The fraction of sp³-hybridized carbons (Fsp3) is 0.0714. The summed E-state index contributed by atoms with van der Waals surface area (Å²) in [6.07, 6.45) is 0. The van der Waals surface area contributed by atoms with Gasteiger partial charge >= 0.3 is 0 Å². The zero-order valence-electron chi connectivity index (χ0n) is 9.77. The predicted molar refractivity (Wildman–Crippen MR) is 79.2 cm³/mol. The van der Waals surface area contributed by atoms with E-state index in [0.717, 1.165) is 32.0 Å². The Balaban J connectivity index is 2.26. The van der Waals surface area contributed by atoms with E-state index in [1.807, 2.05) is 43.3 Å². The molecule has 4 heteroatoms. The van der Waals surface area contributed by atoms with Gasteiger partial charge in [0, 0.05) is 16.3 Å². The summed E-state index contributed by atoms with van der Waals surface area (Å²) in [5, 5.41) is 1.65. The Bertz CT molecular complexity index is 713. The van der Waals surface area contributed by atoms with Gasteiger partial charge in [-0.2, -0.15) is 0 Å². The van der Waals surface area contributed by atoms with E-state index in [0.29, 0.717) is 5.02 Å². The highest BCUT2D eigenvalue weighted by atomic mass is 35.5. The predicted octanol–water partition coefficient (Wildman–Crippen LogP) is 4.51. The smallest absolute Gasteiger partial charge is 0.126 e. The minimum Gasteiger partial charge on any atom is -0.398 e. The number of aryl methyl sites for hydroxylation is 1. The van der Waals surface area contributed by atoms with Crippen LogP contribution >= 0.6 is 22.9 Å². The first-order valence-electron chi connectivity index (χ1n) is 5.57. The van der Waals surface area contributed by atoms with E-state index in [-0.39, 0.29) is 0 Å². The first kappa shape index (κ1) is 11.5. The number of anilines is 1. The first-order valence-corrected chi connectivity index (χ1v) is 6.76. The average molecular weight is 275 g/mol. The number of nitrogen functional groups attached to an aromatic ring is 1. The molecule has 0 aliphatic carbocycles. The number of nitrogens with two attached hydrogens (primary N) is 1. The van der Waals surface area contributed by atoms with Crippen molar-refractivity contribution in [1.29, 1.82) is 0 Å². The van der Waals surface area contributed by atoms with E-state index in [9.17, 15) is 0 Å². The number of rotatable bonds is 1. The lowest BCUT2D eigenvalue weighted by Crippen LogP contribution is -1.91. The van der Waals surface area contributed by atoms with E-state index >= 15 is 0 Å². The number of hydrogen-bond donors (Lipinski definition) is 1. The van der Waals surface area contributed by atoms with Gasteiger partial charge in [0.25, 0.3) is 0 Å². The number of aromatic nitrogens is 1. The van der Waals surface area contributed by atoms with E-state index in [2.05, 4.69) is 4.98 Å². The lowest BCUT2D eigenvalue weighted by atomic mass is 10.1. The molecule has 2 aromatic carbocycles. The summed E-state index contributed by atoms with van der Waals surface area (Å²) in [4.78, 5) is 4.62. The van der Waals surface area contributed by atoms with Gasteiger partial charge in [0.2, 0.25) is 0 Å². The van der Waals surface area contributed by atoms with Gasteiger partial charge in [-0.05, 0) is 36.8 Å². The molecule has 0 bridgehead atoms. The molecule has 0 saturated carbocycles. The molecule has 0 spiro atoms. The van der Waals surface area contributed by atoms with Crippen LogP contribution in [0.2, 0.25) is 5.02 Å². The molecule has 90 valence electrons. The highest BCUT2D eigenvalue weighted by Gasteiger charge is 2.11. The Morgan fingerprint density at radius 1 is 1.22 bits per heavy atom. The fourth-order valence-corrected chi connectivity index (χ4v) is 3.23. The minimum atomic E-state index is 0.706. The second kappa shape index (κ2) is 4.26. The normalized spacial score (nSPS) is 11.0. The highest BCUT2D eigenvalue weighted by Crippen LogP contribution is 2.36. The first-order chi connectivity index (χ1) is 8.65. The van der Waals surface area contributed by atoms with Crippen molar-refractivity contribution in [2.24, 2.45) is 0 Å². The van der Waals surface area contributed by atoms with Crippen molar-refractivity contribution >= 4 is 38.8 Å². The molecule has 0 fully saturated rings. The number of benzene rings is 2. The molecule has 0 atom stereocenters. The van der Waals surface area contributed by atoms with Crippen LogP contribution in [-0.4, -0.2) is 4.98 Å². The minimum absolute atomic E-state index is 0.706. The van der Waals surface area contributed by atoms with Gasteiger partial charge < -0.3 is 5.73 Å². The molecule has 1 aromatic heterocycles. The third-order valence-corrected chi connectivity index (χ3v) is 4.16. The number of hydrogen-bond acceptors (Lipinski definition) is 3. The van der Waals surface area contributed by atoms with Crippen LogP contribution in [0.1, 0.15) is 5.56 Å². The van der Waals surface area contributed by atoms with Gasteiger partial charge in [-0.25, -0.2) is 4.98 Å². The molecule has 0 radical (unpaired) electrons. The summed E-state index contributed by atoms with van der Waals surface area (Å²) in [5.74, 6) is 0. The van der Waals surface area contributed by atoms with Gasteiger partial charge in [-0.1, -0.05) is 23.7 Å². The fourth-order valence-electron chi connectivity index (χ4n) is 1.99. The van der Waals surface area contributed by atoms with Gasteiger partial charge in [-0.15, -0.1) is 11.3 Å². The van der Waals surface area contributed by atoms with Gasteiger partial charge in [0.15, 0.2) is 0 Å². The Morgan fingerprint density at radius 3 is 2.83 bits per heavy atom. The zero-order chi connectivity index (χ0) is 12.7. The molecule has 2 N–H and O–H groups in total. The van der Waals surface area contributed by atoms with Gasteiger partial charge in [0.1, 0.15) is 5.01 Å². The number of fused-ring (bicyclic) bond motifs is 1. The third-order valence-electron chi connectivity index (χ3n) is 2.87. The van der Waals surface area contributed by atoms with E-state index in [4.69, 9.17) is 17.3 Å². The second-order valence-electron chi connectivity index (χ2n) is 4.17. The Morgan fingerprint density at radius 2 is 2.06 bits per heavy atom. The number of nitrogens with zero attached hydrogens (tertiary/aromatic N) is 1. The van der Waals surface area contributed by atoms with Crippen molar-refractivity contribution in [3.63, 3.8) is 0 Å². The summed E-state index contributed by atoms with van der Waals surface area (Å²) in [6.45, 7) is 2.05. The molecule has 0 aliphatic rings. The van der Waals surface area contributed by atoms with E-state index in [1.165, 1.54) is 0 Å². The Hall–Kier alpha value is -1.58. The number of halogens is 1. The summed E-state index contributed by atoms with van der Waals surface area (Å²) in [7, 11) is 0. The Labute approximate surface area is 114 Å². The van der Waals surface area contributed by atoms with Crippen LogP contribution in [-0.2, 0) is 0 Å². The van der Waals surface area contributed by atoms with Crippen molar-refractivity contribution in [3.05, 3.63) is 47.0 Å². The lowest BCUT2D eigenvalue weighted by Gasteiger charge is -2.05. The second-order valence-corrected chi connectivity index (χ2v) is 5.64. The molecule has 3 aromatic rings. The molecule has 0 amide bonds. The SMILES string of the molecule is Cc1cccc(N)c1-c1nc2cc(Cl)ccc2s1. The molecule has 3 rings (SSSR count). The van der Waals surface area contributed by atoms with Crippen LogP contribution in [0.3, 0.4) is 0 Å². The molecule has 0 saturated heterocycles. The molecular weight excluding hydrogens is 264 g/mol.